The zero-order chi connectivity index (χ0) is 8.39. The molecule has 0 radical (unpaired) electrons. The predicted octanol–water partition coefficient (Wildman–Crippen LogP) is 2.53. The van der Waals surface area contributed by atoms with Crippen molar-refractivity contribution >= 4 is 17.3 Å². The molecule has 1 aromatic carbocycles. The van der Waals surface area contributed by atoms with Crippen LogP contribution in [0, 0.1) is 0 Å². The smallest absolute Gasteiger partial charge is 0.298 e. The molecular weight excluding hydrogens is 152 g/mol. The van der Waals surface area contributed by atoms with Gasteiger partial charge in [-0.05, 0) is 12.1 Å². The molecule has 2 aromatic rings. The van der Waals surface area contributed by atoms with Gasteiger partial charge in [0.1, 0.15) is 5.56 Å². The first kappa shape index (κ1) is 6.98. The number of hydrogen-bond acceptors (Lipinski definition) is 1. The number of hydrogen-bond donors (Lipinski definition) is 0. The third kappa shape index (κ3) is 1.07. The molecule has 12 heavy (non-hydrogen) atoms. The van der Waals surface area contributed by atoms with E-state index in [1.165, 1.54) is 6.26 Å². The minimum Gasteiger partial charge on any atom is -0.298 e. The van der Waals surface area contributed by atoms with Crippen LogP contribution in [0.25, 0.3) is 11.0 Å². The van der Waals surface area contributed by atoms with Crippen LogP contribution in [0.5, 0.6) is 0 Å². The highest BCUT2D eigenvalue weighted by molar-refractivity contribution is 5.84. The van der Waals surface area contributed by atoms with E-state index >= 15 is 0 Å². The van der Waals surface area contributed by atoms with Crippen LogP contribution in [0.4, 0.5) is 0 Å². The number of aldehydes is 1. The molecule has 0 bridgehead atoms. The molecule has 0 saturated carbocycles. The molecule has 0 saturated heterocycles. The van der Waals surface area contributed by atoms with E-state index in [2.05, 4.69) is 0 Å². The van der Waals surface area contributed by atoms with Gasteiger partial charge >= 0.3 is 11.8 Å². The number of para-hydroxylation sites is 1. The van der Waals surface area contributed by atoms with Crippen molar-refractivity contribution in [2.75, 3.05) is 0 Å². The first-order valence-electron chi connectivity index (χ1n) is 3.66. The molecule has 0 unspecified atom stereocenters. The summed E-state index contributed by atoms with van der Waals surface area (Å²) in [6.45, 7) is 0. The second kappa shape index (κ2) is 2.74. The van der Waals surface area contributed by atoms with Crippen LogP contribution in [0.15, 0.2) is 41.0 Å². The Hall–Kier alpha value is -1.70. The SMILES string of the molecule is O=Cc1c[o+]c2ccccc2c1. The average molecular weight is 159 g/mol. The van der Waals surface area contributed by atoms with E-state index in [0.29, 0.717) is 5.56 Å². The van der Waals surface area contributed by atoms with Crippen LogP contribution in [-0.4, -0.2) is 6.29 Å². The highest BCUT2D eigenvalue weighted by Gasteiger charge is 2.05. The van der Waals surface area contributed by atoms with Crippen molar-refractivity contribution in [3.8, 4) is 0 Å². The summed E-state index contributed by atoms with van der Waals surface area (Å²) in [6.07, 6.45) is 2.23. The average Bonchev–Trinajstić information content (AvgIpc) is 2.17. The molecule has 2 rings (SSSR count). The van der Waals surface area contributed by atoms with Gasteiger partial charge in [-0.1, -0.05) is 12.1 Å². The van der Waals surface area contributed by atoms with Crippen molar-refractivity contribution < 1.29 is 9.21 Å². The molecule has 0 aliphatic carbocycles. The molecule has 0 fully saturated rings. The fourth-order valence-electron chi connectivity index (χ4n) is 1.11. The number of carbonyl (C=O) groups is 1. The zero-order valence-corrected chi connectivity index (χ0v) is 6.36. The molecule has 0 atom stereocenters. The Kier molecular flexibility index (Phi) is 1.59. The lowest BCUT2D eigenvalue weighted by molar-refractivity contribution is 0.112. The standard InChI is InChI=1S/C10H7O2/c11-6-8-5-9-3-1-2-4-10(9)12-7-8/h1-7H/q+1. The van der Waals surface area contributed by atoms with Crippen molar-refractivity contribution in [2.45, 2.75) is 0 Å². The fourth-order valence-corrected chi connectivity index (χ4v) is 1.11. The van der Waals surface area contributed by atoms with Gasteiger partial charge in [-0.3, -0.25) is 4.79 Å². The summed E-state index contributed by atoms with van der Waals surface area (Å²) >= 11 is 0. The molecule has 0 spiro atoms. The van der Waals surface area contributed by atoms with Crippen molar-refractivity contribution in [3.05, 3.63) is 42.2 Å². The molecule has 58 valence electrons. The lowest BCUT2D eigenvalue weighted by Gasteiger charge is -1.85. The second-order valence-electron chi connectivity index (χ2n) is 2.54. The van der Waals surface area contributed by atoms with Gasteiger partial charge in [-0.2, -0.15) is 0 Å². The maximum absolute atomic E-state index is 10.4. The minimum atomic E-state index is 0.564. The monoisotopic (exact) mass is 159 g/mol. The topological polar surface area (TPSA) is 28.4 Å². The molecule has 2 heteroatoms. The number of rotatable bonds is 1. The van der Waals surface area contributed by atoms with Crippen LogP contribution < -0.4 is 0 Å². The molecular formula is C10H7O2+. The van der Waals surface area contributed by atoms with E-state index in [9.17, 15) is 4.79 Å². The maximum atomic E-state index is 10.4. The van der Waals surface area contributed by atoms with E-state index < -0.39 is 0 Å². The van der Waals surface area contributed by atoms with Gasteiger partial charge in [0, 0.05) is 6.07 Å². The van der Waals surface area contributed by atoms with E-state index in [4.69, 9.17) is 4.42 Å². The molecule has 0 N–H and O–H groups in total. The highest BCUT2D eigenvalue weighted by Crippen LogP contribution is 2.14. The second-order valence-corrected chi connectivity index (χ2v) is 2.54. The summed E-state index contributed by atoms with van der Waals surface area (Å²) in [6, 6.07) is 9.38. The Morgan fingerprint density at radius 2 is 2.08 bits per heavy atom. The van der Waals surface area contributed by atoms with Gasteiger partial charge < -0.3 is 0 Å². The Morgan fingerprint density at radius 1 is 1.25 bits per heavy atom. The van der Waals surface area contributed by atoms with Crippen LogP contribution >= 0.6 is 0 Å². The third-order valence-corrected chi connectivity index (χ3v) is 1.70. The number of fused-ring (bicyclic) bond motifs is 1. The quantitative estimate of drug-likeness (QED) is 0.472. The normalized spacial score (nSPS) is 10.0. The first-order chi connectivity index (χ1) is 5.90. The first-order valence-corrected chi connectivity index (χ1v) is 3.66. The van der Waals surface area contributed by atoms with E-state index in [1.54, 1.807) is 6.07 Å². The third-order valence-electron chi connectivity index (χ3n) is 1.70. The van der Waals surface area contributed by atoms with Crippen LogP contribution in [-0.2, 0) is 0 Å². The molecule has 0 aliphatic rings. The highest BCUT2D eigenvalue weighted by atomic mass is 16.3. The zero-order valence-electron chi connectivity index (χ0n) is 6.36. The van der Waals surface area contributed by atoms with Gasteiger partial charge in [0.2, 0.25) is 0 Å². The largest absolute Gasteiger partial charge is 0.359 e. The summed E-state index contributed by atoms with van der Waals surface area (Å²) in [7, 11) is 0. The van der Waals surface area contributed by atoms with E-state index in [0.717, 1.165) is 17.3 Å². The van der Waals surface area contributed by atoms with Gasteiger partial charge in [0.25, 0.3) is 0 Å². The summed E-state index contributed by atoms with van der Waals surface area (Å²) in [5.41, 5.74) is 1.36. The molecule has 1 aromatic heterocycles. The van der Waals surface area contributed by atoms with E-state index in [-0.39, 0.29) is 0 Å². The molecule has 1 heterocycles. The lowest BCUT2D eigenvalue weighted by Crippen LogP contribution is -1.78. The molecule has 2 nitrogen and oxygen atoms in total. The molecule has 0 amide bonds. The van der Waals surface area contributed by atoms with Crippen LogP contribution in [0.2, 0.25) is 0 Å². The Labute approximate surface area is 69.4 Å². The fraction of sp³-hybridized carbons (Fsp3) is 0. The van der Waals surface area contributed by atoms with Gasteiger partial charge in [-0.15, -0.1) is 0 Å². The van der Waals surface area contributed by atoms with E-state index in [1.807, 2.05) is 24.3 Å². The maximum Gasteiger partial charge on any atom is 0.359 e. The number of benzene rings is 1. The summed E-state index contributed by atoms with van der Waals surface area (Å²) in [5.74, 6) is 0. The van der Waals surface area contributed by atoms with Crippen molar-refractivity contribution in [2.24, 2.45) is 0 Å². The van der Waals surface area contributed by atoms with Gasteiger partial charge in [0.05, 0.1) is 5.39 Å². The summed E-state index contributed by atoms with van der Waals surface area (Å²) < 4.78 is 5.20. The number of carbonyl (C=O) groups excluding carboxylic acids is 1. The summed E-state index contributed by atoms with van der Waals surface area (Å²) in [4.78, 5) is 10.4. The van der Waals surface area contributed by atoms with Gasteiger partial charge in [-0.25, -0.2) is 4.42 Å². The Bertz CT molecular complexity index is 421. The molecule has 0 aliphatic heterocycles. The summed E-state index contributed by atoms with van der Waals surface area (Å²) in [5, 5.41) is 0.946. The Balaban J connectivity index is 2.75. The predicted molar refractivity (Wildman–Crippen MR) is 46.0 cm³/mol. The van der Waals surface area contributed by atoms with Gasteiger partial charge in [0.15, 0.2) is 6.29 Å². The lowest BCUT2D eigenvalue weighted by atomic mass is 10.2. The van der Waals surface area contributed by atoms with Crippen molar-refractivity contribution in [1.29, 1.82) is 0 Å². The van der Waals surface area contributed by atoms with Crippen LogP contribution in [0.1, 0.15) is 10.4 Å². The Morgan fingerprint density at radius 3 is 2.92 bits per heavy atom. The minimum absolute atomic E-state index is 0.564. The van der Waals surface area contributed by atoms with Crippen molar-refractivity contribution in [1.82, 2.24) is 0 Å². The van der Waals surface area contributed by atoms with Crippen molar-refractivity contribution in [3.63, 3.8) is 0 Å². The van der Waals surface area contributed by atoms with Crippen LogP contribution in [0.3, 0.4) is 0 Å².